The third kappa shape index (κ3) is 3.98. The highest BCUT2D eigenvalue weighted by Crippen LogP contribution is 2.67. The molecule has 8 nitrogen and oxygen atoms in total. The van der Waals surface area contributed by atoms with E-state index in [4.69, 9.17) is 20.2 Å². The van der Waals surface area contributed by atoms with Gasteiger partial charge in [-0.15, -0.1) is 4.89 Å². The molecule has 5 aliphatic rings. The molecule has 0 aromatic carbocycles. The summed E-state index contributed by atoms with van der Waals surface area (Å²) < 4.78 is 5.58. The number of hydrogen-bond acceptors (Lipinski definition) is 8. The highest BCUT2D eigenvalue weighted by Gasteiger charge is 2.62. The minimum absolute atomic E-state index is 0.133. The van der Waals surface area contributed by atoms with E-state index in [0.29, 0.717) is 29.2 Å². The molecule has 5 N–H and O–H groups in total. The van der Waals surface area contributed by atoms with Gasteiger partial charge < -0.3 is 25.8 Å². The highest BCUT2D eigenvalue weighted by molar-refractivity contribution is 5.73. The Kier molecular flexibility index (Phi) is 6.59. The second-order valence-electron chi connectivity index (χ2n) is 13.1. The maximum absolute atomic E-state index is 13.3. The summed E-state index contributed by atoms with van der Waals surface area (Å²) in [5.74, 6) is 0.124. The van der Waals surface area contributed by atoms with Crippen molar-refractivity contribution in [3.63, 3.8) is 0 Å². The van der Waals surface area contributed by atoms with Crippen molar-refractivity contribution in [1.29, 1.82) is 0 Å². The molecule has 0 spiro atoms. The van der Waals surface area contributed by atoms with Crippen LogP contribution in [0.3, 0.4) is 0 Å². The van der Waals surface area contributed by atoms with Gasteiger partial charge in [-0.25, -0.2) is 4.79 Å². The van der Waals surface area contributed by atoms with E-state index in [1.54, 1.807) is 6.92 Å². The van der Waals surface area contributed by atoms with Crippen LogP contribution in [0.4, 0.5) is 0 Å². The first-order chi connectivity index (χ1) is 16.4. The monoisotopic (exact) mass is 495 g/mol. The van der Waals surface area contributed by atoms with E-state index in [1.807, 2.05) is 0 Å². The second-order valence-corrected chi connectivity index (χ2v) is 13.1. The fourth-order valence-electron chi connectivity index (χ4n) is 9.21. The SMILES string of the molecule is C[C@@H]1OC(C)(OOC(=O)[C@H]2CC[C@H]3[C@@H]4CCC5CC(N)CC[C@]5(C)[C@H]4CC[C@]23C)[C@H](O)[C@H](O)[C@H]1O. The van der Waals surface area contributed by atoms with E-state index in [-0.39, 0.29) is 11.3 Å². The minimum Gasteiger partial charge on any atom is -0.388 e. The molecule has 0 amide bonds. The topological polar surface area (TPSA) is 131 Å². The summed E-state index contributed by atoms with van der Waals surface area (Å²) in [6, 6.07) is 0.352. The fourth-order valence-corrected chi connectivity index (χ4v) is 9.21. The van der Waals surface area contributed by atoms with Gasteiger partial charge in [-0.3, -0.25) is 4.89 Å². The normalized spacial score (nSPS) is 56.0. The van der Waals surface area contributed by atoms with E-state index in [2.05, 4.69) is 13.8 Å². The lowest BCUT2D eigenvalue weighted by Gasteiger charge is -2.60. The van der Waals surface area contributed by atoms with Gasteiger partial charge >= 0.3 is 5.97 Å². The number of fused-ring (bicyclic) bond motifs is 5. The van der Waals surface area contributed by atoms with Crippen LogP contribution in [0.25, 0.3) is 0 Å². The number of rotatable bonds is 3. The lowest BCUT2D eigenvalue weighted by molar-refractivity contribution is -0.452. The van der Waals surface area contributed by atoms with Gasteiger partial charge in [0.05, 0.1) is 12.0 Å². The molecule has 5 rings (SSSR count). The number of carbonyl (C=O) groups excluding carboxylic acids is 1. The van der Waals surface area contributed by atoms with Crippen molar-refractivity contribution in [2.45, 2.75) is 122 Å². The van der Waals surface area contributed by atoms with Crippen molar-refractivity contribution in [3.8, 4) is 0 Å². The maximum Gasteiger partial charge on any atom is 0.346 e. The van der Waals surface area contributed by atoms with Crippen LogP contribution in [0.2, 0.25) is 0 Å². The second kappa shape index (κ2) is 8.91. The lowest BCUT2D eigenvalue weighted by atomic mass is 9.44. The predicted octanol–water partition coefficient (Wildman–Crippen LogP) is 2.67. The van der Waals surface area contributed by atoms with Crippen molar-refractivity contribution in [3.05, 3.63) is 0 Å². The Balaban J connectivity index is 1.26. The zero-order valence-corrected chi connectivity index (χ0v) is 21.7. The highest BCUT2D eigenvalue weighted by atomic mass is 17.2. The third-order valence-electron chi connectivity index (χ3n) is 11.4. The molecule has 5 fully saturated rings. The zero-order valence-electron chi connectivity index (χ0n) is 21.7. The summed E-state index contributed by atoms with van der Waals surface area (Å²) in [5, 5.41) is 30.5. The molecule has 0 aromatic heterocycles. The minimum atomic E-state index is -1.75. The molecule has 200 valence electrons. The molecule has 1 aliphatic heterocycles. The summed E-state index contributed by atoms with van der Waals surface area (Å²) in [7, 11) is 0. The van der Waals surface area contributed by atoms with Crippen LogP contribution >= 0.6 is 0 Å². The van der Waals surface area contributed by atoms with Crippen molar-refractivity contribution < 1.29 is 34.6 Å². The molecule has 35 heavy (non-hydrogen) atoms. The standard InChI is InChI=1S/C27H45NO7/c1-14-21(29)22(30)23(31)27(4,33-14)35-34-24(32)20-8-7-18-17-6-5-15-13-16(28)9-11-25(15,2)19(17)10-12-26(18,20)3/h14-23,29-31H,5-13,28H2,1-4H3/t14-,15?,16?,17-,18-,19-,20+,21-,22+,23+,25-,26-,27?/m0/s1. The number of ether oxygens (including phenoxy) is 1. The van der Waals surface area contributed by atoms with E-state index in [1.165, 1.54) is 26.2 Å². The van der Waals surface area contributed by atoms with Crippen molar-refractivity contribution >= 4 is 5.97 Å². The van der Waals surface area contributed by atoms with Crippen LogP contribution in [0.1, 0.15) is 85.5 Å². The largest absolute Gasteiger partial charge is 0.388 e. The van der Waals surface area contributed by atoms with Crippen LogP contribution in [0, 0.1) is 40.4 Å². The van der Waals surface area contributed by atoms with Crippen molar-refractivity contribution in [1.82, 2.24) is 0 Å². The van der Waals surface area contributed by atoms with Gasteiger partial charge in [-0.05, 0) is 106 Å². The van der Waals surface area contributed by atoms with Gasteiger partial charge in [0.15, 0.2) is 0 Å². The molecule has 0 bridgehead atoms. The van der Waals surface area contributed by atoms with Crippen molar-refractivity contribution in [2.24, 2.45) is 46.2 Å². The summed E-state index contributed by atoms with van der Waals surface area (Å²) in [6.45, 7) is 7.75. The van der Waals surface area contributed by atoms with Gasteiger partial charge in [0, 0.05) is 6.04 Å². The first-order valence-electron chi connectivity index (χ1n) is 13.8. The smallest absolute Gasteiger partial charge is 0.346 e. The van der Waals surface area contributed by atoms with E-state index < -0.39 is 36.2 Å². The van der Waals surface area contributed by atoms with E-state index in [9.17, 15) is 20.1 Å². The molecule has 3 unspecified atom stereocenters. The molecule has 1 heterocycles. The number of hydrogen-bond donors (Lipinski definition) is 4. The molecule has 13 atom stereocenters. The van der Waals surface area contributed by atoms with Crippen molar-refractivity contribution in [2.75, 3.05) is 0 Å². The first-order valence-corrected chi connectivity index (χ1v) is 13.8. The summed E-state index contributed by atoms with van der Waals surface area (Å²) in [6.07, 6.45) is 4.88. The summed E-state index contributed by atoms with van der Waals surface area (Å²) in [4.78, 5) is 24.0. The molecule has 4 saturated carbocycles. The number of aliphatic hydroxyl groups is 3. The quantitative estimate of drug-likeness (QED) is 0.347. The van der Waals surface area contributed by atoms with Gasteiger partial charge in [0.2, 0.25) is 5.79 Å². The number of aliphatic hydroxyl groups excluding tert-OH is 3. The predicted molar refractivity (Wildman–Crippen MR) is 127 cm³/mol. The Morgan fingerprint density at radius 3 is 2.34 bits per heavy atom. The zero-order chi connectivity index (χ0) is 25.3. The fraction of sp³-hybridized carbons (Fsp3) is 0.963. The van der Waals surface area contributed by atoms with Crippen LogP contribution in [0.15, 0.2) is 0 Å². The summed E-state index contributed by atoms with van der Waals surface area (Å²) in [5.41, 5.74) is 6.57. The Hall–Kier alpha value is -0.770. The lowest BCUT2D eigenvalue weighted by Crippen LogP contribution is -2.63. The molecule has 4 aliphatic carbocycles. The maximum atomic E-state index is 13.3. The molecule has 0 radical (unpaired) electrons. The summed E-state index contributed by atoms with van der Waals surface area (Å²) >= 11 is 0. The molecule has 0 aromatic rings. The average Bonchev–Trinajstić information content (AvgIpc) is 3.18. The van der Waals surface area contributed by atoms with Crippen LogP contribution < -0.4 is 5.73 Å². The molecular formula is C27H45NO7. The number of nitrogens with two attached hydrogens (primary N) is 1. The third-order valence-corrected chi connectivity index (χ3v) is 11.4. The Labute approximate surface area is 208 Å². The van der Waals surface area contributed by atoms with Gasteiger partial charge in [0.1, 0.15) is 18.3 Å². The Morgan fingerprint density at radius 2 is 1.60 bits per heavy atom. The van der Waals surface area contributed by atoms with Crippen LogP contribution in [0.5, 0.6) is 0 Å². The van der Waals surface area contributed by atoms with Gasteiger partial charge in [-0.2, -0.15) is 0 Å². The van der Waals surface area contributed by atoms with Crippen LogP contribution in [-0.2, 0) is 19.3 Å². The molecular weight excluding hydrogens is 450 g/mol. The molecule has 1 saturated heterocycles. The van der Waals surface area contributed by atoms with Gasteiger partial charge in [0.25, 0.3) is 0 Å². The van der Waals surface area contributed by atoms with Gasteiger partial charge in [-0.1, -0.05) is 13.8 Å². The molecule has 8 heteroatoms. The Morgan fingerprint density at radius 1 is 0.914 bits per heavy atom. The van der Waals surface area contributed by atoms with E-state index in [0.717, 1.165) is 44.4 Å². The van der Waals surface area contributed by atoms with Crippen LogP contribution in [-0.4, -0.2) is 57.5 Å². The Bertz CT molecular complexity index is 825. The average molecular weight is 496 g/mol. The first kappa shape index (κ1) is 25.9. The van der Waals surface area contributed by atoms with E-state index >= 15 is 0 Å². The number of carbonyl (C=O) groups is 1.